The summed E-state index contributed by atoms with van der Waals surface area (Å²) in [7, 11) is 3.33. The zero-order valence-electron chi connectivity index (χ0n) is 15.2. The molecule has 0 aromatic heterocycles. The molecular weight excluding hydrogens is 314 g/mol. The maximum Gasteiger partial charge on any atom is 0.161 e. The fraction of sp³-hybridized carbons (Fsp3) is 0.381. The van der Waals surface area contributed by atoms with Gasteiger partial charge in [-0.3, -0.25) is 4.99 Å². The number of hydrogen-bond donors (Lipinski definition) is 0. The first kappa shape index (κ1) is 17.3. The molecule has 0 unspecified atom stereocenters. The molecule has 3 rings (SSSR count). The molecule has 1 heterocycles. The van der Waals surface area contributed by atoms with Crippen LogP contribution in [-0.4, -0.2) is 33.1 Å². The summed E-state index contributed by atoms with van der Waals surface area (Å²) in [6, 6.07) is 12.3. The van der Waals surface area contributed by atoms with Crippen molar-refractivity contribution in [3.05, 3.63) is 53.1 Å². The number of aliphatic imine (C=N–C) groups is 1. The van der Waals surface area contributed by atoms with E-state index in [9.17, 15) is 0 Å². The lowest BCUT2D eigenvalue weighted by Crippen LogP contribution is -2.14. The minimum absolute atomic E-state index is 0.732. The van der Waals surface area contributed by atoms with Gasteiger partial charge in [-0.05, 0) is 54.8 Å². The maximum absolute atomic E-state index is 5.75. The van der Waals surface area contributed by atoms with Crippen LogP contribution in [0.15, 0.2) is 41.4 Å². The molecule has 1 aliphatic heterocycles. The smallest absolute Gasteiger partial charge is 0.161 e. The summed E-state index contributed by atoms with van der Waals surface area (Å²) in [6.07, 6.45) is 3.12. The van der Waals surface area contributed by atoms with Crippen molar-refractivity contribution in [3.8, 4) is 17.2 Å². The fourth-order valence-corrected chi connectivity index (χ4v) is 3.01. The second kappa shape index (κ2) is 8.06. The van der Waals surface area contributed by atoms with Crippen LogP contribution in [0.5, 0.6) is 17.2 Å². The summed E-state index contributed by atoms with van der Waals surface area (Å²) < 4.78 is 16.6. The SMILES string of the molecule is CCCCOc1ccc(C2=NCCc3cc(OC)c(OC)cc32)cc1. The monoisotopic (exact) mass is 339 g/mol. The van der Waals surface area contributed by atoms with Gasteiger partial charge in [0.15, 0.2) is 11.5 Å². The lowest BCUT2D eigenvalue weighted by atomic mass is 9.92. The number of rotatable bonds is 7. The average Bonchev–Trinajstić information content (AvgIpc) is 2.67. The molecule has 4 nitrogen and oxygen atoms in total. The maximum atomic E-state index is 5.75. The highest BCUT2D eigenvalue weighted by atomic mass is 16.5. The van der Waals surface area contributed by atoms with Gasteiger partial charge in [0.25, 0.3) is 0 Å². The molecule has 0 fully saturated rings. The standard InChI is InChI=1S/C21H25NO3/c1-4-5-12-25-17-8-6-15(7-9-17)21-18-14-20(24-3)19(23-2)13-16(18)10-11-22-21/h6-9,13-14H,4-5,10-12H2,1-3H3. The van der Waals surface area contributed by atoms with Gasteiger partial charge in [0.1, 0.15) is 5.75 Å². The van der Waals surface area contributed by atoms with E-state index in [-0.39, 0.29) is 0 Å². The Bertz CT molecular complexity index is 750. The number of nitrogens with zero attached hydrogens (tertiary/aromatic N) is 1. The van der Waals surface area contributed by atoms with E-state index in [1.165, 1.54) is 5.56 Å². The van der Waals surface area contributed by atoms with Crippen LogP contribution in [0.4, 0.5) is 0 Å². The Kier molecular flexibility index (Phi) is 5.59. The molecule has 0 amide bonds. The van der Waals surface area contributed by atoms with Gasteiger partial charge >= 0.3 is 0 Å². The van der Waals surface area contributed by atoms with E-state index in [0.717, 1.165) is 66.5 Å². The van der Waals surface area contributed by atoms with Gasteiger partial charge in [-0.1, -0.05) is 13.3 Å². The van der Waals surface area contributed by atoms with E-state index in [1.54, 1.807) is 14.2 Å². The van der Waals surface area contributed by atoms with Crippen molar-refractivity contribution >= 4 is 5.71 Å². The van der Waals surface area contributed by atoms with Crippen LogP contribution in [0.1, 0.15) is 36.5 Å². The third-order valence-corrected chi connectivity index (χ3v) is 4.41. The molecule has 0 atom stereocenters. The lowest BCUT2D eigenvalue weighted by molar-refractivity contribution is 0.309. The molecule has 0 radical (unpaired) electrons. The molecule has 0 N–H and O–H groups in total. The highest BCUT2D eigenvalue weighted by Gasteiger charge is 2.19. The van der Waals surface area contributed by atoms with E-state index < -0.39 is 0 Å². The van der Waals surface area contributed by atoms with Gasteiger partial charge in [0, 0.05) is 17.7 Å². The Morgan fingerprint density at radius 1 is 1.00 bits per heavy atom. The fourth-order valence-electron chi connectivity index (χ4n) is 3.01. The molecule has 0 saturated carbocycles. The van der Waals surface area contributed by atoms with E-state index in [0.29, 0.717) is 0 Å². The number of fused-ring (bicyclic) bond motifs is 1. The minimum Gasteiger partial charge on any atom is -0.494 e. The first-order chi connectivity index (χ1) is 12.3. The van der Waals surface area contributed by atoms with Gasteiger partial charge in [-0.15, -0.1) is 0 Å². The normalized spacial score (nSPS) is 13.0. The highest BCUT2D eigenvalue weighted by molar-refractivity contribution is 6.14. The molecular formula is C21H25NO3. The van der Waals surface area contributed by atoms with Crippen molar-refractivity contribution in [2.45, 2.75) is 26.2 Å². The molecule has 0 aliphatic carbocycles. The minimum atomic E-state index is 0.732. The topological polar surface area (TPSA) is 40.0 Å². The third kappa shape index (κ3) is 3.78. The van der Waals surface area contributed by atoms with Crippen molar-refractivity contribution in [2.75, 3.05) is 27.4 Å². The van der Waals surface area contributed by atoms with Crippen LogP contribution in [0.2, 0.25) is 0 Å². The zero-order valence-corrected chi connectivity index (χ0v) is 15.2. The molecule has 2 aromatic rings. The second-order valence-corrected chi connectivity index (χ2v) is 6.07. The van der Waals surface area contributed by atoms with Crippen molar-refractivity contribution in [2.24, 2.45) is 4.99 Å². The summed E-state index contributed by atoms with van der Waals surface area (Å²) in [5.74, 6) is 2.40. The number of ether oxygens (including phenoxy) is 3. The first-order valence-electron chi connectivity index (χ1n) is 8.79. The quantitative estimate of drug-likeness (QED) is 0.707. The second-order valence-electron chi connectivity index (χ2n) is 6.07. The molecule has 2 aromatic carbocycles. The van der Waals surface area contributed by atoms with E-state index >= 15 is 0 Å². The van der Waals surface area contributed by atoms with Crippen LogP contribution < -0.4 is 14.2 Å². The molecule has 0 saturated heterocycles. The van der Waals surface area contributed by atoms with Gasteiger partial charge in [-0.2, -0.15) is 0 Å². The summed E-state index contributed by atoms with van der Waals surface area (Å²) in [5.41, 5.74) is 4.45. The number of hydrogen-bond acceptors (Lipinski definition) is 4. The van der Waals surface area contributed by atoms with E-state index in [1.807, 2.05) is 18.2 Å². The van der Waals surface area contributed by atoms with Crippen LogP contribution in [0, 0.1) is 0 Å². The van der Waals surface area contributed by atoms with Gasteiger partial charge in [0.2, 0.25) is 0 Å². The molecule has 0 spiro atoms. The molecule has 1 aliphatic rings. The largest absolute Gasteiger partial charge is 0.494 e. The number of unbranched alkanes of at least 4 members (excludes halogenated alkanes) is 1. The Morgan fingerprint density at radius 3 is 2.40 bits per heavy atom. The summed E-state index contributed by atoms with van der Waals surface area (Å²) >= 11 is 0. The molecule has 0 bridgehead atoms. The van der Waals surface area contributed by atoms with E-state index in [2.05, 4.69) is 25.1 Å². The molecule has 25 heavy (non-hydrogen) atoms. The Morgan fingerprint density at radius 2 is 1.72 bits per heavy atom. The van der Waals surface area contributed by atoms with Gasteiger partial charge in [0.05, 0.1) is 26.5 Å². The van der Waals surface area contributed by atoms with Crippen LogP contribution in [0.25, 0.3) is 0 Å². The summed E-state index contributed by atoms with van der Waals surface area (Å²) in [4.78, 5) is 4.76. The highest BCUT2D eigenvalue weighted by Crippen LogP contribution is 2.33. The first-order valence-corrected chi connectivity index (χ1v) is 8.79. The summed E-state index contributed by atoms with van der Waals surface area (Å²) in [5, 5.41) is 0. The lowest BCUT2D eigenvalue weighted by Gasteiger charge is -2.20. The predicted molar refractivity (Wildman–Crippen MR) is 101 cm³/mol. The van der Waals surface area contributed by atoms with Crippen molar-refractivity contribution < 1.29 is 14.2 Å². The Labute approximate surface area is 149 Å². The van der Waals surface area contributed by atoms with Crippen LogP contribution in [-0.2, 0) is 6.42 Å². The van der Waals surface area contributed by atoms with Gasteiger partial charge < -0.3 is 14.2 Å². The number of methoxy groups -OCH3 is 2. The zero-order chi connectivity index (χ0) is 17.6. The predicted octanol–water partition coefficient (Wildman–Crippen LogP) is 4.28. The Hall–Kier alpha value is -2.49. The average molecular weight is 339 g/mol. The van der Waals surface area contributed by atoms with Crippen LogP contribution in [0.3, 0.4) is 0 Å². The van der Waals surface area contributed by atoms with Crippen molar-refractivity contribution in [1.82, 2.24) is 0 Å². The number of benzene rings is 2. The Balaban J connectivity index is 1.88. The van der Waals surface area contributed by atoms with Crippen LogP contribution >= 0.6 is 0 Å². The van der Waals surface area contributed by atoms with Crippen molar-refractivity contribution in [1.29, 1.82) is 0 Å². The van der Waals surface area contributed by atoms with Gasteiger partial charge in [-0.25, -0.2) is 0 Å². The van der Waals surface area contributed by atoms with Crippen molar-refractivity contribution in [3.63, 3.8) is 0 Å². The molecule has 4 heteroatoms. The third-order valence-electron chi connectivity index (χ3n) is 4.41. The summed E-state index contributed by atoms with van der Waals surface area (Å²) in [6.45, 7) is 3.71. The van der Waals surface area contributed by atoms with E-state index in [4.69, 9.17) is 19.2 Å². The molecule has 132 valence electrons.